The maximum absolute atomic E-state index is 13.2. The minimum Gasteiger partial charge on any atom is -0.439 e. The van der Waals surface area contributed by atoms with Crippen molar-refractivity contribution in [2.45, 2.75) is 39.5 Å². The van der Waals surface area contributed by atoms with E-state index in [0.29, 0.717) is 6.42 Å². The quantitative estimate of drug-likeness (QED) is 0.523. The third-order valence-electron chi connectivity index (χ3n) is 5.58. The van der Waals surface area contributed by atoms with E-state index in [2.05, 4.69) is 4.98 Å². The molecule has 1 aromatic heterocycles. The van der Waals surface area contributed by atoms with Gasteiger partial charge < -0.3 is 9.72 Å². The van der Waals surface area contributed by atoms with Crippen molar-refractivity contribution in [2.24, 2.45) is 5.41 Å². The number of fused-ring (bicyclic) bond motifs is 1. The van der Waals surface area contributed by atoms with Crippen molar-refractivity contribution in [1.29, 1.82) is 0 Å². The fraction of sp³-hybridized carbons (Fsp3) is 0.259. The molecular formula is C27H28FeN2O3+2. The van der Waals surface area contributed by atoms with Gasteiger partial charge in [-0.2, -0.15) is 0 Å². The Morgan fingerprint density at radius 2 is 1.61 bits per heavy atom. The number of hydrogen-bond acceptors (Lipinski definition) is 3. The maximum atomic E-state index is 13.2. The van der Waals surface area contributed by atoms with Gasteiger partial charge in [-0.1, -0.05) is 39.0 Å². The van der Waals surface area contributed by atoms with Crippen molar-refractivity contribution in [2.75, 3.05) is 0 Å². The van der Waals surface area contributed by atoms with E-state index in [1.165, 1.54) is 0 Å². The summed E-state index contributed by atoms with van der Waals surface area (Å²) in [6, 6.07) is 7.31. The van der Waals surface area contributed by atoms with Crippen LogP contribution < -0.4 is 0 Å². The second-order valence-electron chi connectivity index (χ2n) is 9.01. The molecule has 3 fully saturated rings. The van der Waals surface area contributed by atoms with Gasteiger partial charge in [0.25, 0.3) is 0 Å². The van der Waals surface area contributed by atoms with E-state index in [9.17, 15) is 9.59 Å². The molecule has 2 aromatic rings. The monoisotopic (exact) mass is 484 g/mol. The number of carbonyl (C=O) groups is 2. The van der Waals surface area contributed by atoms with Gasteiger partial charge in [-0.25, -0.2) is 4.79 Å². The molecule has 10 radical (unpaired) electrons. The fourth-order valence-electron chi connectivity index (χ4n) is 3.95. The Kier molecular flexibility index (Phi) is 8.69. The molecule has 1 amide bonds. The van der Waals surface area contributed by atoms with Crippen molar-refractivity contribution in [3.8, 4) is 0 Å². The van der Waals surface area contributed by atoms with Gasteiger partial charge in [-0.15, -0.1) is 0 Å². The van der Waals surface area contributed by atoms with Gasteiger partial charge in [0, 0.05) is 34.9 Å². The van der Waals surface area contributed by atoms with Crippen LogP contribution in [0.1, 0.15) is 26.3 Å². The number of rotatable bonds is 3. The molecule has 6 heteroatoms. The topological polar surface area (TPSA) is 62.4 Å². The second kappa shape index (κ2) is 11.1. The second-order valence-corrected chi connectivity index (χ2v) is 9.01. The number of nitrogens with zero attached hydrogens (tertiary/aromatic N) is 1. The van der Waals surface area contributed by atoms with Crippen LogP contribution in [-0.2, 0) is 37.8 Å². The van der Waals surface area contributed by atoms with Crippen molar-refractivity contribution in [3.63, 3.8) is 0 Å². The first-order valence-corrected chi connectivity index (χ1v) is 10.8. The first-order chi connectivity index (χ1) is 15.4. The van der Waals surface area contributed by atoms with Crippen LogP contribution in [0.4, 0.5) is 0 Å². The maximum Gasteiger partial charge on any atom is 2.00 e. The molecule has 2 saturated carbocycles. The summed E-state index contributed by atoms with van der Waals surface area (Å²) in [6.45, 7) is 5.59. The predicted molar refractivity (Wildman–Crippen MR) is 124 cm³/mol. The predicted octanol–water partition coefficient (Wildman–Crippen LogP) is 4.26. The summed E-state index contributed by atoms with van der Waals surface area (Å²) in [7, 11) is 0. The Morgan fingerprint density at radius 1 is 1.00 bits per heavy atom. The number of amides is 1. The number of aromatic nitrogens is 1. The number of esters is 1. The molecule has 0 bridgehead atoms. The molecule has 2 heterocycles. The van der Waals surface area contributed by atoms with E-state index < -0.39 is 17.7 Å². The van der Waals surface area contributed by atoms with E-state index in [4.69, 9.17) is 4.74 Å². The van der Waals surface area contributed by atoms with E-state index in [1.54, 1.807) is 4.90 Å². The molecule has 5 nitrogen and oxygen atoms in total. The van der Waals surface area contributed by atoms with Gasteiger partial charge in [0.2, 0.25) is 5.91 Å². The third kappa shape index (κ3) is 5.84. The molecule has 0 spiro atoms. The van der Waals surface area contributed by atoms with Gasteiger partial charge in [-0.3, -0.25) is 9.69 Å². The minimum absolute atomic E-state index is 0. The van der Waals surface area contributed by atoms with Crippen LogP contribution in [0.5, 0.6) is 0 Å². The molecule has 170 valence electrons. The Balaban J connectivity index is 0.000000453. The summed E-state index contributed by atoms with van der Waals surface area (Å²) in [5.41, 5.74) is 1.40. The molecule has 33 heavy (non-hydrogen) atoms. The Hall–Kier alpha value is -1.78. The van der Waals surface area contributed by atoms with E-state index in [-0.39, 0.29) is 28.9 Å². The molecule has 1 aromatic carbocycles. The number of H-pyrrole nitrogens is 1. The normalized spacial score (nSPS) is 23.2. The van der Waals surface area contributed by atoms with Gasteiger partial charge in [0.15, 0.2) is 6.23 Å². The van der Waals surface area contributed by atoms with Crippen LogP contribution in [0.25, 0.3) is 10.9 Å². The number of hydrogen-bond donors (Lipinski definition) is 1. The number of ether oxygens (including phenoxy) is 1. The summed E-state index contributed by atoms with van der Waals surface area (Å²) < 4.78 is 5.66. The third-order valence-corrected chi connectivity index (χ3v) is 5.58. The van der Waals surface area contributed by atoms with Crippen LogP contribution in [-0.4, -0.2) is 34.0 Å². The number of benzene rings is 1. The number of para-hydroxylation sites is 1. The van der Waals surface area contributed by atoms with E-state index in [1.807, 2.05) is 109 Å². The fourth-order valence-corrected chi connectivity index (χ4v) is 3.95. The van der Waals surface area contributed by atoms with E-state index >= 15 is 0 Å². The standard InChI is InChI=1S/C22H23N2O3.C5H5.Fe/c1-22(2,3)21(26)24-18(20(25)27-19(24)14-8-4-5-9-14)12-15-13-23-17-11-7-6-10-16(15)17;1-2-4-5-3-1;/h4-11,13,18-19,23H,12H2,1-3H3;1-5H;/q;;+2/t18-,19-;;/m0../s1. The van der Waals surface area contributed by atoms with Crippen molar-refractivity contribution >= 4 is 22.8 Å². The number of cyclic esters (lactones) is 1. The Morgan fingerprint density at radius 3 is 2.21 bits per heavy atom. The minimum atomic E-state index is -0.672. The van der Waals surface area contributed by atoms with Crippen LogP contribution >= 0.6 is 0 Å². The van der Waals surface area contributed by atoms with Gasteiger partial charge >= 0.3 is 23.0 Å². The summed E-state index contributed by atoms with van der Waals surface area (Å²) in [5, 5.41) is 1.06. The molecule has 2 aliphatic carbocycles. The average molecular weight is 484 g/mol. The summed E-state index contributed by atoms with van der Waals surface area (Å²) in [4.78, 5) is 30.8. The average Bonchev–Trinajstić information content (AvgIpc) is 3.57. The zero-order valence-corrected chi connectivity index (χ0v) is 20.1. The first-order valence-electron chi connectivity index (χ1n) is 10.8. The van der Waals surface area contributed by atoms with Gasteiger partial charge in [0.05, 0.1) is 0 Å². The number of nitrogens with one attached hydrogen (secondary N) is 1. The zero-order chi connectivity index (χ0) is 22.7. The molecule has 3 aliphatic rings. The molecule has 1 saturated heterocycles. The van der Waals surface area contributed by atoms with Crippen LogP contribution in [0.2, 0.25) is 0 Å². The Labute approximate surface area is 208 Å². The molecule has 1 aliphatic heterocycles. The van der Waals surface area contributed by atoms with Crippen LogP contribution in [0.15, 0.2) is 30.5 Å². The van der Waals surface area contributed by atoms with Crippen molar-refractivity contribution in [1.82, 2.24) is 9.88 Å². The molecule has 0 unspecified atom stereocenters. The van der Waals surface area contributed by atoms with Gasteiger partial charge in [-0.05, 0) is 69.4 Å². The Bertz CT molecular complexity index is 931. The molecular weight excluding hydrogens is 456 g/mol. The van der Waals surface area contributed by atoms with Crippen molar-refractivity contribution in [3.05, 3.63) is 99.7 Å². The summed E-state index contributed by atoms with van der Waals surface area (Å²) >= 11 is 0. The molecule has 5 rings (SSSR count). The number of carbonyl (C=O) groups excluding carboxylic acids is 2. The molecule has 1 N–H and O–H groups in total. The largest absolute Gasteiger partial charge is 2.00 e. The van der Waals surface area contributed by atoms with Crippen LogP contribution in [0.3, 0.4) is 0 Å². The molecule has 2 atom stereocenters. The number of aromatic amines is 1. The SMILES string of the molecule is CC(C)(C)C(=O)N1[C@H]([C]2[CH][CH][CH][CH]2)OC(=O)[C@@H]1Cc1c[nH]c2ccccc12.[CH]1[CH][CH][CH][CH]1.[Fe+2]. The zero-order valence-electron chi connectivity index (χ0n) is 19.0. The smallest absolute Gasteiger partial charge is 0.439 e. The summed E-state index contributed by atoms with van der Waals surface area (Å²) in [6.07, 6.45) is 19.2. The van der Waals surface area contributed by atoms with Crippen LogP contribution in [0, 0.1) is 69.1 Å². The van der Waals surface area contributed by atoms with Crippen molar-refractivity contribution < 1.29 is 31.4 Å². The van der Waals surface area contributed by atoms with E-state index in [0.717, 1.165) is 22.4 Å². The first kappa shape index (κ1) is 25.8. The summed E-state index contributed by atoms with van der Waals surface area (Å²) in [5.74, 6) is 0.371. The van der Waals surface area contributed by atoms with Gasteiger partial charge in [0.1, 0.15) is 6.04 Å².